The summed E-state index contributed by atoms with van der Waals surface area (Å²) in [5.74, 6) is -1.71. The molecule has 0 saturated carbocycles. The lowest BCUT2D eigenvalue weighted by Crippen LogP contribution is -2.24. The summed E-state index contributed by atoms with van der Waals surface area (Å²) in [5.41, 5.74) is 1.13. The summed E-state index contributed by atoms with van der Waals surface area (Å²) in [7, 11) is 0. The number of nitrogens with zero attached hydrogens (tertiary/aromatic N) is 2. The number of aryl methyl sites for hydroxylation is 1. The van der Waals surface area contributed by atoms with Crippen LogP contribution in [0.15, 0.2) is 40.3 Å². The summed E-state index contributed by atoms with van der Waals surface area (Å²) in [6.07, 6.45) is 0. The van der Waals surface area contributed by atoms with Crippen molar-refractivity contribution < 1.29 is 19.4 Å². The summed E-state index contributed by atoms with van der Waals surface area (Å²) >= 11 is 2.07. The molecule has 146 valence electrons. The van der Waals surface area contributed by atoms with Crippen molar-refractivity contribution in [1.29, 1.82) is 0 Å². The van der Waals surface area contributed by atoms with Crippen molar-refractivity contribution >= 4 is 45.3 Å². The quantitative estimate of drug-likeness (QED) is 0.357. The third kappa shape index (κ3) is 4.10. The molecule has 0 atom stereocenters. The molecule has 0 unspecified atom stereocenters. The maximum absolute atomic E-state index is 13.2. The van der Waals surface area contributed by atoms with Gasteiger partial charge >= 0.3 is 11.9 Å². The van der Waals surface area contributed by atoms with Gasteiger partial charge in [0.15, 0.2) is 5.16 Å². The highest BCUT2D eigenvalue weighted by atomic mass is 32.2. The molecule has 9 heteroatoms. The number of carboxylic acid groups (broad SMARTS) is 1. The third-order valence-electron chi connectivity index (χ3n) is 3.98. The number of rotatable bonds is 7. The molecule has 0 bridgehead atoms. The van der Waals surface area contributed by atoms with Crippen molar-refractivity contribution in [2.24, 2.45) is 0 Å². The number of esters is 1. The van der Waals surface area contributed by atoms with E-state index in [1.165, 1.54) is 4.57 Å². The van der Waals surface area contributed by atoms with Crippen LogP contribution in [0, 0.1) is 6.92 Å². The van der Waals surface area contributed by atoms with E-state index in [9.17, 15) is 14.4 Å². The van der Waals surface area contributed by atoms with Gasteiger partial charge in [0, 0.05) is 0 Å². The predicted octanol–water partition coefficient (Wildman–Crippen LogP) is 3.17. The maximum atomic E-state index is 13.2. The molecule has 0 saturated heterocycles. The Morgan fingerprint density at radius 1 is 1.29 bits per heavy atom. The van der Waals surface area contributed by atoms with Gasteiger partial charge < -0.3 is 9.84 Å². The number of thiophene rings is 1. The fourth-order valence-electron chi connectivity index (χ4n) is 2.73. The second kappa shape index (κ2) is 8.57. The van der Waals surface area contributed by atoms with E-state index in [0.717, 1.165) is 28.7 Å². The van der Waals surface area contributed by atoms with Gasteiger partial charge in [-0.15, -0.1) is 11.3 Å². The minimum Gasteiger partial charge on any atom is -0.481 e. The molecular weight excluding hydrogens is 400 g/mol. The molecule has 2 heterocycles. The number of benzene rings is 1. The molecule has 3 rings (SSSR count). The topological polar surface area (TPSA) is 98.5 Å². The fraction of sp³-hybridized carbons (Fsp3) is 0.263. The van der Waals surface area contributed by atoms with Gasteiger partial charge in [-0.1, -0.05) is 42.1 Å². The summed E-state index contributed by atoms with van der Waals surface area (Å²) in [6.45, 7) is 3.91. The minimum absolute atomic E-state index is 0.220. The molecule has 0 radical (unpaired) electrons. The van der Waals surface area contributed by atoms with Crippen LogP contribution in [-0.2, 0) is 16.1 Å². The van der Waals surface area contributed by atoms with Crippen LogP contribution >= 0.6 is 23.1 Å². The average Bonchev–Trinajstić information content (AvgIpc) is 3.00. The Labute approximate surface area is 169 Å². The predicted molar refractivity (Wildman–Crippen MR) is 108 cm³/mol. The Balaban J connectivity index is 2.17. The van der Waals surface area contributed by atoms with E-state index in [2.05, 4.69) is 4.98 Å². The van der Waals surface area contributed by atoms with E-state index in [0.29, 0.717) is 25.8 Å². The Kier molecular flexibility index (Phi) is 6.15. The zero-order valence-corrected chi connectivity index (χ0v) is 16.9. The van der Waals surface area contributed by atoms with Crippen LogP contribution in [0.4, 0.5) is 0 Å². The summed E-state index contributed by atoms with van der Waals surface area (Å²) < 4.78 is 6.52. The molecule has 1 N–H and O–H groups in total. The molecule has 2 aromatic heterocycles. The van der Waals surface area contributed by atoms with Crippen molar-refractivity contribution in [3.05, 3.63) is 56.7 Å². The van der Waals surface area contributed by atoms with E-state index in [1.807, 2.05) is 30.3 Å². The van der Waals surface area contributed by atoms with Gasteiger partial charge in [0.2, 0.25) is 0 Å². The number of fused-ring (bicyclic) bond motifs is 1. The first-order valence-corrected chi connectivity index (χ1v) is 10.3. The highest BCUT2D eigenvalue weighted by molar-refractivity contribution is 7.99. The summed E-state index contributed by atoms with van der Waals surface area (Å²) in [5, 5.41) is 9.69. The first-order valence-electron chi connectivity index (χ1n) is 8.52. The summed E-state index contributed by atoms with van der Waals surface area (Å²) in [6, 6.07) is 9.37. The van der Waals surface area contributed by atoms with Crippen LogP contribution in [0.25, 0.3) is 10.2 Å². The molecule has 0 amide bonds. The monoisotopic (exact) mass is 418 g/mol. The van der Waals surface area contributed by atoms with Crippen molar-refractivity contribution in [3.63, 3.8) is 0 Å². The van der Waals surface area contributed by atoms with E-state index in [4.69, 9.17) is 9.84 Å². The smallest absolute Gasteiger partial charge is 0.348 e. The maximum Gasteiger partial charge on any atom is 0.348 e. The van der Waals surface area contributed by atoms with Gasteiger partial charge in [0.1, 0.15) is 9.71 Å². The average molecular weight is 418 g/mol. The van der Waals surface area contributed by atoms with Gasteiger partial charge in [-0.2, -0.15) is 0 Å². The Bertz CT molecular complexity index is 1090. The zero-order chi connectivity index (χ0) is 20.3. The lowest BCUT2D eigenvalue weighted by atomic mass is 10.2. The number of carboxylic acids is 1. The second-order valence-electron chi connectivity index (χ2n) is 5.91. The lowest BCUT2D eigenvalue weighted by Gasteiger charge is -2.11. The second-order valence-corrected chi connectivity index (χ2v) is 7.85. The molecule has 0 aliphatic carbocycles. The highest BCUT2D eigenvalue weighted by Crippen LogP contribution is 2.30. The van der Waals surface area contributed by atoms with E-state index >= 15 is 0 Å². The summed E-state index contributed by atoms with van der Waals surface area (Å²) in [4.78, 5) is 41.7. The molecular formula is C19H18N2O5S2. The van der Waals surface area contributed by atoms with E-state index in [-0.39, 0.29) is 24.5 Å². The molecule has 0 fully saturated rings. The van der Waals surface area contributed by atoms with E-state index in [1.54, 1.807) is 13.8 Å². The molecule has 7 nitrogen and oxygen atoms in total. The Morgan fingerprint density at radius 2 is 2.00 bits per heavy atom. The molecule has 0 aliphatic heterocycles. The van der Waals surface area contributed by atoms with Gasteiger partial charge in [0.25, 0.3) is 5.56 Å². The third-order valence-corrected chi connectivity index (χ3v) is 6.11. The normalized spacial score (nSPS) is 10.9. The number of hydrogen-bond acceptors (Lipinski definition) is 7. The zero-order valence-electron chi connectivity index (χ0n) is 15.3. The Morgan fingerprint density at radius 3 is 2.64 bits per heavy atom. The first-order chi connectivity index (χ1) is 13.4. The number of ether oxygens (including phenoxy) is 1. The number of carbonyl (C=O) groups excluding carboxylic acids is 1. The fourth-order valence-corrected chi connectivity index (χ4v) is 4.57. The number of thioether (sulfide) groups is 1. The van der Waals surface area contributed by atoms with Crippen LogP contribution in [0.2, 0.25) is 0 Å². The number of carbonyl (C=O) groups is 2. The van der Waals surface area contributed by atoms with E-state index < -0.39 is 11.9 Å². The van der Waals surface area contributed by atoms with Gasteiger partial charge in [0.05, 0.1) is 24.3 Å². The molecule has 0 aliphatic rings. The van der Waals surface area contributed by atoms with Crippen molar-refractivity contribution in [1.82, 2.24) is 9.55 Å². The minimum atomic E-state index is -1.000. The number of aliphatic carboxylic acids is 1. The van der Waals surface area contributed by atoms with Crippen LogP contribution in [-0.4, -0.2) is 39.0 Å². The lowest BCUT2D eigenvalue weighted by molar-refractivity contribution is -0.133. The van der Waals surface area contributed by atoms with Crippen LogP contribution < -0.4 is 5.56 Å². The van der Waals surface area contributed by atoms with Crippen molar-refractivity contribution in [2.75, 3.05) is 12.4 Å². The first kappa shape index (κ1) is 20.1. The largest absolute Gasteiger partial charge is 0.481 e. The van der Waals surface area contributed by atoms with Gasteiger partial charge in [-0.05, 0) is 25.0 Å². The van der Waals surface area contributed by atoms with Crippen molar-refractivity contribution in [3.8, 4) is 0 Å². The standard InChI is InChI=1S/C19H18N2O5S2/c1-3-26-18(25)15-11(2)14-16(28-15)20-19(27-10-13(22)23)21(17(14)24)9-12-7-5-4-6-8-12/h4-8H,3,9-10H2,1-2H3,(H,22,23). The SMILES string of the molecule is CCOC(=O)c1sc2nc(SCC(=O)O)n(Cc3ccccc3)c(=O)c2c1C. The number of aromatic nitrogens is 2. The highest BCUT2D eigenvalue weighted by Gasteiger charge is 2.22. The van der Waals surface area contributed by atoms with Crippen LogP contribution in [0.5, 0.6) is 0 Å². The van der Waals surface area contributed by atoms with Gasteiger partial charge in [-0.3, -0.25) is 14.2 Å². The molecule has 28 heavy (non-hydrogen) atoms. The molecule has 3 aromatic rings. The van der Waals surface area contributed by atoms with Crippen LogP contribution in [0.1, 0.15) is 27.7 Å². The Hall–Kier alpha value is -2.65. The van der Waals surface area contributed by atoms with Gasteiger partial charge in [-0.25, -0.2) is 9.78 Å². The molecule has 1 aromatic carbocycles. The molecule has 0 spiro atoms. The van der Waals surface area contributed by atoms with Crippen molar-refractivity contribution in [2.45, 2.75) is 25.5 Å². The number of hydrogen-bond donors (Lipinski definition) is 1. The van der Waals surface area contributed by atoms with Crippen LogP contribution in [0.3, 0.4) is 0 Å².